The molecule has 0 unspecified atom stereocenters. The summed E-state index contributed by atoms with van der Waals surface area (Å²) in [5.74, 6) is 0.311. The molecule has 0 fully saturated rings. The van der Waals surface area contributed by atoms with E-state index in [9.17, 15) is 0 Å². The van der Waals surface area contributed by atoms with E-state index in [0.717, 1.165) is 27.7 Å². The van der Waals surface area contributed by atoms with Crippen molar-refractivity contribution in [2.75, 3.05) is 5.73 Å². The fourth-order valence-electron chi connectivity index (χ4n) is 1.99. The molecule has 0 aliphatic heterocycles. The summed E-state index contributed by atoms with van der Waals surface area (Å²) in [4.78, 5) is 4.39. The van der Waals surface area contributed by atoms with E-state index in [4.69, 9.17) is 10.3 Å². The standard InChI is InChI=1S/C13H11N3O/c1-8-11(13(14)17-16-8)12-10-5-3-2-4-9(10)6-7-15-12/h2-7H,14H2,1H3. The monoisotopic (exact) mass is 225 g/mol. The van der Waals surface area contributed by atoms with Crippen LogP contribution < -0.4 is 5.73 Å². The number of anilines is 1. The van der Waals surface area contributed by atoms with Crippen molar-refractivity contribution in [3.05, 3.63) is 42.2 Å². The summed E-state index contributed by atoms with van der Waals surface area (Å²) in [5, 5.41) is 6.03. The van der Waals surface area contributed by atoms with E-state index >= 15 is 0 Å². The van der Waals surface area contributed by atoms with Crippen LogP contribution >= 0.6 is 0 Å². The van der Waals surface area contributed by atoms with Gasteiger partial charge in [-0.05, 0) is 18.4 Å². The molecule has 0 saturated carbocycles. The Hall–Kier alpha value is -2.36. The number of aromatic nitrogens is 2. The molecule has 84 valence electrons. The minimum absolute atomic E-state index is 0.311. The minimum atomic E-state index is 0.311. The van der Waals surface area contributed by atoms with E-state index < -0.39 is 0 Å². The number of nitrogens with zero attached hydrogens (tertiary/aromatic N) is 2. The van der Waals surface area contributed by atoms with Gasteiger partial charge in [-0.1, -0.05) is 29.4 Å². The van der Waals surface area contributed by atoms with Crippen molar-refractivity contribution in [3.63, 3.8) is 0 Å². The van der Waals surface area contributed by atoms with Crippen LogP contribution in [0.2, 0.25) is 0 Å². The van der Waals surface area contributed by atoms with Crippen molar-refractivity contribution in [2.45, 2.75) is 6.92 Å². The summed E-state index contributed by atoms with van der Waals surface area (Å²) >= 11 is 0. The van der Waals surface area contributed by atoms with Gasteiger partial charge in [-0.25, -0.2) is 0 Å². The largest absolute Gasteiger partial charge is 0.367 e. The maximum absolute atomic E-state index is 5.80. The Morgan fingerprint density at radius 2 is 2.00 bits per heavy atom. The smallest absolute Gasteiger partial charge is 0.231 e. The van der Waals surface area contributed by atoms with Crippen molar-refractivity contribution < 1.29 is 4.52 Å². The Labute approximate surface area is 98.1 Å². The van der Waals surface area contributed by atoms with Crippen LogP contribution in [0.1, 0.15) is 5.69 Å². The third-order valence-electron chi connectivity index (χ3n) is 2.80. The summed E-state index contributed by atoms with van der Waals surface area (Å²) in [6.07, 6.45) is 1.77. The van der Waals surface area contributed by atoms with E-state index in [1.54, 1.807) is 6.20 Å². The predicted octanol–water partition coefficient (Wildman–Crippen LogP) is 2.78. The molecule has 0 atom stereocenters. The molecule has 3 rings (SSSR count). The fraction of sp³-hybridized carbons (Fsp3) is 0.0769. The van der Waals surface area contributed by atoms with Gasteiger partial charge in [0.25, 0.3) is 0 Å². The van der Waals surface area contributed by atoms with Crippen molar-refractivity contribution in [2.24, 2.45) is 0 Å². The summed E-state index contributed by atoms with van der Waals surface area (Å²) in [7, 11) is 0. The Morgan fingerprint density at radius 1 is 1.18 bits per heavy atom. The molecule has 0 spiro atoms. The number of nitrogen functional groups attached to an aromatic ring is 1. The number of aryl methyl sites for hydroxylation is 1. The zero-order valence-corrected chi connectivity index (χ0v) is 9.34. The molecule has 1 aromatic carbocycles. The second-order valence-electron chi connectivity index (χ2n) is 3.89. The van der Waals surface area contributed by atoms with Crippen LogP contribution in [0.3, 0.4) is 0 Å². The second-order valence-corrected chi connectivity index (χ2v) is 3.89. The summed E-state index contributed by atoms with van der Waals surface area (Å²) in [6, 6.07) is 10.0. The Bertz CT molecular complexity index is 663. The van der Waals surface area contributed by atoms with E-state index in [1.165, 1.54) is 0 Å². The number of hydrogen-bond acceptors (Lipinski definition) is 4. The van der Waals surface area contributed by atoms with Crippen molar-refractivity contribution >= 4 is 16.7 Å². The fourth-order valence-corrected chi connectivity index (χ4v) is 1.99. The Balaban J connectivity index is 2.38. The highest BCUT2D eigenvalue weighted by atomic mass is 16.5. The van der Waals surface area contributed by atoms with E-state index in [1.807, 2.05) is 37.3 Å². The van der Waals surface area contributed by atoms with Crippen LogP contribution in [0, 0.1) is 6.92 Å². The highest BCUT2D eigenvalue weighted by Crippen LogP contribution is 2.32. The van der Waals surface area contributed by atoms with Gasteiger partial charge in [0.15, 0.2) is 0 Å². The maximum atomic E-state index is 5.80. The quantitative estimate of drug-likeness (QED) is 0.691. The van der Waals surface area contributed by atoms with Gasteiger partial charge in [0.2, 0.25) is 5.88 Å². The second kappa shape index (κ2) is 3.59. The van der Waals surface area contributed by atoms with Gasteiger partial charge in [-0.15, -0.1) is 0 Å². The summed E-state index contributed by atoms with van der Waals surface area (Å²) in [6.45, 7) is 1.86. The van der Waals surface area contributed by atoms with Gasteiger partial charge in [0.1, 0.15) is 0 Å². The lowest BCUT2D eigenvalue weighted by molar-refractivity contribution is 0.431. The zero-order valence-electron chi connectivity index (χ0n) is 9.34. The van der Waals surface area contributed by atoms with E-state index in [2.05, 4.69) is 10.1 Å². The molecule has 0 radical (unpaired) electrons. The average molecular weight is 225 g/mol. The highest BCUT2D eigenvalue weighted by Gasteiger charge is 2.15. The molecule has 0 amide bonds. The molecular formula is C13H11N3O. The SMILES string of the molecule is Cc1noc(N)c1-c1nccc2ccccc12. The van der Waals surface area contributed by atoms with Gasteiger partial charge in [0.05, 0.1) is 17.0 Å². The number of benzene rings is 1. The predicted molar refractivity (Wildman–Crippen MR) is 66.4 cm³/mol. The van der Waals surface area contributed by atoms with Gasteiger partial charge in [-0.3, -0.25) is 4.98 Å². The molecule has 2 N–H and O–H groups in total. The molecule has 0 bridgehead atoms. The lowest BCUT2D eigenvalue weighted by Crippen LogP contribution is -1.91. The summed E-state index contributed by atoms with van der Waals surface area (Å²) < 4.78 is 4.99. The summed E-state index contributed by atoms with van der Waals surface area (Å²) in [5.41, 5.74) is 8.15. The number of rotatable bonds is 1. The molecule has 0 aliphatic carbocycles. The van der Waals surface area contributed by atoms with Gasteiger partial charge in [-0.2, -0.15) is 0 Å². The number of fused-ring (bicyclic) bond motifs is 1. The van der Waals surface area contributed by atoms with Crippen molar-refractivity contribution in [1.82, 2.24) is 10.1 Å². The first-order valence-corrected chi connectivity index (χ1v) is 5.33. The number of pyridine rings is 1. The lowest BCUT2D eigenvalue weighted by Gasteiger charge is -2.04. The van der Waals surface area contributed by atoms with Crippen LogP contribution in [0.4, 0.5) is 5.88 Å². The third kappa shape index (κ3) is 1.45. The molecule has 2 heterocycles. The zero-order chi connectivity index (χ0) is 11.8. The highest BCUT2D eigenvalue weighted by molar-refractivity contribution is 5.96. The van der Waals surface area contributed by atoms with Gasteiger partial charge in [0, 0.05) is 11.6 Å². The first kappa shape index (κ1) is 9.84. The molecule has 0 saturated heterocycles. The number of hydrogen-bond donors (Lipinski definition) is 1. The lowest BCUT2D eigenvalue weighted by atomic mass is 10.0. The molecule has 4 nitrogen and oxygen atoms in total. The first-order valence-electron chi connectivity index (χ1n) is 5.33. The first-order chi connectivity index (χ1) is 8.27. The Kier molecular flexibility index (Phi) is 2.08. The van der Waals surface area contributed by atoms with E-state index in [-0.39, 0.29) is 0 Å². The molecule has 4 heteroatoms. The molecule has 2 aromatic heterocycles. The maximum Gasteiger partial charge on any atom is 0.231 e. The van der Waals surface area contributed by atoms with Crippen LogP contribution in [0.5, 0.6) is 0 Å². The topological polar surface area (TPSA) is 64.9 Å². The van der Waals surface area contributed by atoms with Crippen LogP contribution in [-0.2, 0) is 0 Å². The molecular weight excluding hydrogens is 214 g/mol. The average Bonchev–Trinajstić information content (AvgIpc) is 2.69. The van der Waals surface area contributed by atoms with Crippen LogP contribution in [-0.4, -0.2) is 10.1 Å². The minimum Gasteiger partial charge on any atom is -0.367 e. The van der Waals surface area contributed by atoms with Crippen LogP contribution in [0.25, 0.3) is 22.0 Å². The molecule has 0 aliphatic rings. The van der Waals surface area contributed by atoms with Crippen molar-refractivity contribution in [1.29, 1.82) is 0 Å². The molecule has 17 heavy (non-hydrogen) atoms. The van der Waals surface area contributed by atoms with Gasteiger partial charge >= 0.3 is 0 Å². The third-order valence-corrected chi connectivity index (χ3v) is 2.80. The normalized spacial score (nSPS) is 10.9. The van der Waals surface area contributed by atoms with Gasteiger partial charge < -0.3 is 10.3 Å². The van der Waals surface area contributed by atoms with Crippen molar-refractivity contribution in [3.8, 4) is 11.3 Å². The Morgan fingerprint density at radius 3 is 2.76 bits per heavy atom. The molecule has 3 aromatic rings. The van der Waals surface area contributed by atoms with Crippen LogP contribution in [0.15, 0.2) is 41.1 Å². The van der Waals surface area contributed by atoms with E-state index in [0.29, 0.717) is 5.88 Å². The number of nitrogens with two attached hydrogens (primary N) is 1.